The number of amides is 1. The van der Waals surface area contributed by atoms with E-state index in [1.807, 2.05) is 78.9 Å². The number of oxazole rings is 1. The number of carboxylic acid groups (broad SMARTS) is 1. The lowest BCUT2D eigenvalue weighted by Gasteiger charge is -2.48. The molecular weight excluding hydrogens is 530 g/mol. The maximum atomic E-state index is 12.8. The van der Waals surface area contributed by atoms with E-state index >= 15 is 0 Å². The summed E-state index contributed by atoms with van der Waals surface area (Å²) < 4.78 is 12.1. The van der Waals surface area contributed by atoms with Gasteiger partial charge in [-0.1, -0.05) is 60.7 Å². The van der Waals surface area contributed by atoms with Crippen LogP contribution in [0.5, 0.6) is 0 Å². The molecule has 216 valence electrons. The van der Waals surface area contributed by atoms with Crippen LogP contribution < -0.4 is 10.7 Å². The molecule has 42 heavy (non-hydrogen) atoms. The second kappa shape index (κ2) is 12.1. The van der Waals surface area contributed by atoms with Crippen LogP contribution in [-0.2, 0) is 11.3 Å². The molecule has 3 aromatic carbocycles. The van der Waals surface area contributed by atoms with Gasteiger partial charge in [-0.3, -0.25) is 9.47 Å². The zero-order valence-electron chi connectivity index (χ0n) is 23.7. The van der Waals surface area contributed by atoms with E-state index in [1.165, 1.54) is 0 Å². The number of benzene rings is 3. The average molecular weight is 566 g/mol. The summed E-state index contributed by atoms with van der Waals surface area (Å²) in [4.78, 5) is 29.4. The van der Waals surface area contributed by atoms with E-state index in [0.717, 1.165) is 60.2 Å². The molecule has 7 rings (SSSR count). The normalized spacial score (nSPS) is 20.1. The smallest absolute Gasteiger partial charge is 0.419 e. The number of allylic oxidation sites excluding steroid dienone is 1. The molecule has 4 aromatic rings. The molecule has 3 fully saturated rings. The van der Waals surface area contributed by atoms with Gasteiger partial charge < -0.3 is 19.2 Å². The van der Waals surface area contributed by atoms with Crippen molar-refractivity contribution >= 4 is 35.0 Å². The predicted molar refractivity (Wildman–Crippen MR) is 166 cm³/mol. The van der Waals surface area contributed by atoms with Crippen LogP contribution in [-0.4, -0.2) is 53.5 Å². The van der Waals surface area contributed by atoms with Gasteiger partial charge in [-0.05, 0) is 79.2 Å². The number of aryl methyl sites for hydroxylation is 1. The van der Waals surface area contributed by atoms with E-state index in [0.29, 0.717) is 30.2 Å². The van der Waals surface area contributed by atoms with E-state index in [1.54, 1.807) is 28.9 Å². The van der Waals surface area contributed by atoms with Gasteiger partial charge in [0.1, 0.15) is 0 Å². The summed E-state index contributed by atoms with van der Waals surface area (Å²) in [5.74, 6) is -0.0283. The van der Waals surface area contributed by atoms with Crippen LogP contribution in [0.4, 0.5) is 10.5 Å². The minimum atomic E-state index is -0.917. The number of rotatable bonds is 9. The van der Waals surface area contributed by atoms with Crippen molar-refractivity contribution in [1.82, 2.24) is 9.47 Å². The molecule has 3 aliphatic heterocycles. The molecule has 1 N–H and O–H groups in total. The molecule has 1 amide bonds. The number of hydrogen-bond donors (Lipinski definition) is 1. The molecule has 0 unspecified atom stereocenters. The summed E-state index contributed by atoms with van der Waals surface area (Å²) in [6, 6.07) is 21.5. The van der Waals surface area contributed by atoms with Gasteiger partial charge in [0.05, 0.1) is 30.6 Å². The van der Waals surface area contributed by atoms with Crippen LogP contribution in [0.15, 0.2) is 88.3 Å². The zero-order valence-corrected chi connectivity index (χ0v) is 23.7. The second-order valence-corrected chi connectivity index (χ2v) is 11.0. The Balaban J connectivity index is 1.26. The maximum absolute atomic E-state index is 12.8. The minimum absolute atomic E-state index is 0.0709. The highest BCUT2D eigenvalue weighted by Gasteiger charge is 2.40. The number of methoxy groups -OCH3 is 1. The Morgan fingerprint density at radius 2 is 1.81 bits per heavy atom. The van der Waals surface area contributed by atoms with E-state index in [-0.39, 0.29) is 6.04 Å². The average Bonchev–Trinajstić information content (AvgIpc) is 3.33. The first-order chi connectivity index (χ1) is 20.5. The number of fused-ring (bicyclic) bond motifs is 4. The van der Waals surface area contributed by atoms with Gasteiger partial charge in [0.15, 0.2) is 5.58 Å². The van der Waals surface area contributed by atoms with Crippen molar-refractivity contribution in [3.8, 4) is 11.1 Å². The number of hydrogen-bond acceptors (Lipinski definition) is 5. The van der Waals surface area contributed by atoms with Gasteiger partial charge >= 0.3 is 11.8 Å². The van der Waals surface area contributed by atoms with Crippen molar-refractivity contribution in [2.24, 2.45) is 5.92 Å². The molecule has 1 atom stereocenters. The van der Waals surface area contributed by atoms with Crippen LogP contribution in [0.25, 0.3) is 34.4 Å². The van der Waals surface area contributed by atoms with Crippen molar-refractivity contribution < 1.29 is 19.1 Å². The summed E-state index contributed by atoms with van der Waals surface area (Å²) in [5.41, 5.74) is 5.68. The fourth-order valence-corrected chi connectivity index (χ4v) is 6.33. The highest BCUT2D eigenvalue weighted by molar-refractivity contribution is 5.94. The van der Waals surface area contributed by atoms with Crippen LogP contribution in [0.2, 0.25) is 0 Å². The lowest BCUT2D eigenvalue weighted by molar-refractivity contribution is 0.0838. The first kappa shape index (κ1) is 27.6. The van der Waals surface area contributed by atoms with E-state index < -0.39 is 11.8 Å². The lowest BCUT2D eigenvalue weighted by atomic mass is 9.82. The quantitative estimate of drug-likeness (QED) is 0.231. The van der Waals surface area contributed by atoms with Gasteiger partial charge in [0.2, 0.25) is 0 Å². The minimum Gasteiger partial charge on any atom is -0.504 e. The third-order valence-electron chi connectivity index (χ3n) is 8.44. The van der Waals surface area contributed by atoms with Crippen molar-refractivity contribution in [2.75, 3.05) is 31.6 Å². The van der Waals surface area contributed by atoms with Gasteiger partial charge in [-0.15, -0.1) is 0 Å². The first-order valence-electron chi connectivity index (χ1n) is 14.4. The number of piperidine rings is 3. The van der Waals surface area contributed by atoms with Crippen molar-refractivity contribution in [3.63, 3.8) is 0 Å². The summed E-state index contributed by atoms with van der Waals surface area (Å²) >= 11 is 0. The van der Waals surface area contributed by atoms with Gasteiger partial charge in [0, 0.05) is 18.7 Å². The van der Waals surface area contributed by atoms with Crippen LogP contribution in [0.1, 0.15) is 30.4 Å². The summed E-state index contributed by atoms with van der Waals surface area (Å²) in [5, 5.41) is 10.5. The fourth-order valence-electron chi connectivity index (χ4n) is 6.33. The molecule has 3 aliphatic rings. The van der Waals surface area contributed by atoms with Crippen LogP contribution in [0.3, 0.4) is 0 Å². The van der Waals surface area contributed by atoms with Crippen molar-refractivity contribution in [3.05, 3.63) is 101 Å². The zero-order chi connectivity index (χ0) is 29.1. The Kier molecular flexibility index (Phi) is 7.97. The number of nitrogens with zero attached hydrogens (tertiary/aromatic N) is 3. The second-order valence-electron chi connectivity index (χ2n) is 11.0. The molecule has 0 aliphatic carbocycles. The topological polar surface area (TPSA) is 88.2 Å². The van der Waals surface area contributed by atoms with E-state index in [2.05, 4.69) is 4.90 Å². The SMILES string of the molecule is COC=Cc1ccc2c(c1)oc(=O)n2CC/C=C/c1ccc(-c2ccccc2)c(N(C(=O)O)[C@H]2CN3CCC2CC3)c1. The highest BCUT2D eigenvalue weighted by atomic mass is 16.5. The molecule has 2 bridgehead atoms. The van der Waals surface area contributed by atoms with Crippen molar-refractivity contribution in [1.29, 1.82) is 0 Å². The Bertz CT molecular complexity index is 1680. The molecule has 8 nitrogen and oxygen atoms in total. The molecule has 0 saturated carbocycles. The van der Waals surface area contributed by atoms with E-state index in [9.17, 15) is 14.7 Å². The van der Waals surface area contributed by atoms with E-state index in [4.69, 9.17) is 9.15 Å². The Labute approximate surface area is 244 Å². The molecule has 8 heteroatoms. The lowest BCUT2D eigenvalue weighted by Crippen LogP contribution is -2.59. The number of anilines is 1. The largest absolute Gasteiger partial charge is 0.504 e. The molecule has 4 heterocycles. The Morgan fingerprint density at radius 3 is 2.52 bits per heavy atom. The third-order valence-corrected chi connectivity index (χ3v) is 8.44. The number of aromatic nitrogens is 1. The molecule has 3 saturated heterocycles. The van der Waals surface area contributed by atoms with Crippen LogP contribution in [0, 0.1) is 5.92 Å². The molecule has 1 aromatic heterocycles. The Morgan fingerprint density at radius 1 is 1.05 bits per heavy atom. The van der Waals surface area contributed by atoms with Crippen LogP contribution >= 0.6 is 0 Å². The van der Waals surface area contributed by atoms with Gasteiger partial charge in [0.25, 0.3) is 0 Å². The Hall–Kier alpha value is -4.56. The maximum Gasteiger partial charge on any atom is 0.419 e. The third kappa shape index (κ3) is 5.63. The highest BCUT2D eigenvalue weighted by Crippen LogP contribution is 2.39. The molecule has 0 spiro atoms. The number of ether oxygens (including phenoxy) is 1. The monoisotopic (exact) mass is 565 g/mol. The van der Waals surface area contributed by atoms with Gasteiger partial charge in [-0.25, -0.2) is 9.59 Å². The summed E-state index contributed by atoms with van der Waals surface area (Å²) in [6.45, 7) is 3.32. The molecular formula is C34H35N3O5. The number of carbonyl (C=O) groups is 1. The summed E-state index contributed by atoms with van der Waals surface area (Å²) in [7, 11) is 1.58. The van der Waals surface area contributed by atoms with Gasteiger partial charge in [-0.2, -0.15) is 0 Å². The fraction of sp³-hybridized carbons (Fsp3) is 0.294. The first-order valence-corrected chi connectivity index (χ1v) is 14.4. The van der Waals surface area contributed by atoms with Crippen molar-refractivity contribution in [2.45, 2.75) is 31.8 Å². The summed E-state index contributed by atoms with van der Waals surface area (Å²) in [6.07, 6.45) is 9.14. The molecule has 0 radical (unpaired) electrons. The standard InChI is InChI=1S/C34H35N3O5/c1-41-20-16-25-11-13-29-32(22-25)42-34(40)36(29)17-6-5-7-24-10-12-28(26-8-3-2-4-9-26)30(21-24)37(33(38)39)31-23-35-18-14-27(31)15-19-35/h2-5,7-13,16,20-22,27,31H,6,14-15,17-19,23H2,1H3,(H,38,39)/b7-5+,20-16?/t31-/m0/s1. The predicted octanol–water partition coefficient (Wildman–Crippen LogP) is 6.56.